The van der Waals surface area contributed by atoms with Crippen molar-refractivity contribution in [1.82, 2.24) is 14.8 Å². The number of ether oxygens (including phenoxy) is 1. The second-order valence-electron chi connectivity index (χ2n) is 4.95. The summed E-state index contributed by atoms with van der Waals surface area (Å²) in [7, 11) is 0. The van der Waals surface area contributed by atoms with Crippen LogP contribution in [0.2, 0.25) is 0 Å². The summed E-state index contributed by atoms with van der Waals surface area (Å²) in [5.41, 5.74) is 0.389. The number of hydrogen-bond acceptors (Lipinski definition) is 5. The van der Waals surface area contributed by atoms with Gasteiger partial charge in [0.15, 0.2) is 6.73 Å². The first kappa shape index (κ1) is 15.9. The van der Waals surface area contributed by atoms with Crippen LogP contribution in [0.25, 0.3) is 0 Å². The summed E-state index contributed by atoms with van der Waals surface area (Å²) < 4.78 is 18.7. The minimum atomic E-state index is -0.463. The zero-order valence-corrected chi connectivity index (χ0v) is 12.4. The molecule has 0 saturated carbocycles. The number of halogens is 1. The highest BCUT2D eigenvalue weighted by atomic mass is 19.1. The number of nitrogens with zero attached hydrogens (tertiary/aromatic N) is 3. The zero-order chi connectivity index (χ0) is 15.9. The second-order valence-corrected chi connectivity index (χ2v) is 4.95. The van der Waals surface area contributed by atoms with Gasteiger partial charge in [-0.2, -0.15) is 0 Å². The van der Waals surface area contributed by atoms with E-state index >= 15 is 0 Å². The highest BCUT2D eigenvalue weighted by Crippen LogP contribution is 2.15. The summed E-state index contributed by atoms with van der Waals surface area (Å²) >= 11 is 0. The number of amides is 1. The van der Waals surface area contributed by atoms with Gasteiger partial charge < -0.3 is 14.5 Å². The molecule has 1 aromatic heterocycles. The van der Waals surface area contributed by atoms with Crippen LogP contribution in [0.5, 0.6) is 0 Å². The summed E-state index contributed by atoms with van der Waals surface area (Å²) in [5, 5.41) is 0. The molecule has 7 heteroatoms. The molecule has 1 aliphatic heterocycles. The maximum atomic E-state index is 13.7. The normalized spacial score (nSPS) is 14.5. The van der Waals surface area contributed by atoms with Gasteiger partial charge in [-0.3, -0.25) is 14.6 Å². The molecule has 0 radical (unpaired) electrons. The van der Waals surface area contributed by atoms with Crippen molar-refractivity contribution < 1.29 is 18.7 Å². The fourth-order valence-electron chi connectivity index (χ4n) is 2.05. The molecule has 0 N–H and O–H groups in total. The number of hydrogen-bond donors (Lipinski definition) is 0. The molecule has 0 spiro atoms. The van der Waals surface area contributed by atoms with E-state index in [2.05, 4.69) is 4.98 Å². The van der Waals surface area contributed by atoms with E-state index < -0.39 is 5.83 Å². The molecule has 6 nitrogen and oxygen atoms in total. The van der Waals surface area contributed by atoms with Gasteiger partial charge in [-0.05, 0) is 18.6 Å². The summed E-state index contributed by atoms with van der Waals surface area (Å²) in [4.78, 5) is 30.3. The molecule has 2 rings (SSSR count). The lowest BCUT2D eigenvalue weighted by Crippen LogP contribution is -2.44. The lowest BCUT2D eigenvalue weighted by Gasteiger charge is -2.32. The predicted molar refractivity (Wildman–Crippen MR) is 77.0 cm³/mol. The average Bonchev–Trinajstić information content (AvgIpc) is 2.53. The average molecular weight is 307 g/mol. The van der Waals surface area contributed by atoms with Crippen LogP contribution in [-0.2, 0) is 9.53 Å². The maximum absolute atomic E-state index is 13.7. The highest BCUT2D eigenvalue weighted by molar-refractivity contribution is 5.94. The first-order valence-electron chi connectivity index (χ1n) is 7.05. The third kappa shape index (κ3) is 4.28. The third-order valence-electron chi connectivity index (χ3n) is 3.06. The first-order chi connectivity index (χ1) is 10.6. The molecule has 1 aromatic rings. The van der Waals surface area contributed by atoms with Crippen molar-refractivity contribution in [1.29, 1.82) is 0 Å². The molecule has 1 amide bonds. The van der Waals surface area contributed by atoms with E-state index in [1.165, 1.54) is 22.2 Å². The summed E-state index contributed by atoms with van der Waals surface area (Å²) in [6.07, 6.45) is 5.26. The highest BCUT2D eigenvalue weighted by Gasteiger charge is 2.24. The van der Waals surface area contributed by atoms with Crippen molar-refractivity contribution in [3.05, 3.63) is 42.1 Å². The van der Waals surface area contributed by atoms with Crippen LogP contribution in [0.3, 0.4) is 0 Å². The Hall–Kier alpha value is -2.44. The molecule has 1 aliphatic rings. The van der Waals surface area contributed by atoms with Crippen LogP contribution in [0.1, 0.15) is 30.1 Å². The fourth-order valence-corrected chi connectivity index (χ4v) is 2.05. The van der Waals surface area contributed by atoms with Gasteiger partial charge in [-0.25, -0.2) is 4.39 Å². The number of rotatable bonds is 5. The quantitative estimate of drug-likeness (QED) is 0.778. The summed E-state index contributed by atoms with van der Waals surface area (Å²) in [5.74, 6) is -1.12. The first-order valence-corrected chi connectivity index (χ1v) is 7.05. The molecular formula is C15H18FN3O3. The Morgan fingerprint density at radius 3 is 2.95 bits per heavy atom. The molecule has 2 heterocycles. The Bertz CT molecular complexity index is 562. The second kappa shape index (κ2) is 7.53. The van der Waals surface area contributed by atoms with E-state index in [4.69, 9.17) is 4.74 Å². The number of carbonyl (C=O) groups excluding carboxylic acids is 2. The molecule has 0 unspecified atom stereocenters. The van der Waals surface area contributed by atoms with Gasteiger partial charge in [0.2, 0.25) is 0 Å². The van der Waals surface area contributed by atoms with Crippen LogP contribution < -0.4 is 0 Å². The molecule has 0 bridgehead atoms. The van der Waals surface area contributed by atoms with E-state index in [0.717, 1.165) is 0 Å². The Labute approximate surface area is 128 Å². The van der Waals surface area contributed by atoms with Gasteiger partial charge in [0.05, 0.1) is 18.8 Å². The van der Waals surface area contributed by atoms with Crippen LogP contribution >= 0.6 is 0 Å². The van der Waals surface area contributed by atoms with E-state index in [1.54, 1.807) is 18.3 Å². The zero-order valence-electron chi connectivity index (χ0n) is 12.4. The van der Waals surface area contributed by atoms with E-state index in [9.17, 15) is 14.0 Å². The van der Waals surface area contributed by atoms with E-state index in [1.807, 2.05) is 6.92 Å². The van der Waals surface area contributed by atoms with Crippen LogP contribution in [0.4, 0.5) is 4.39 Å². The molecule has 22 heavy (non-hydrogen) atoms. The fraction of sp³-hybridized carbons (Fsp3) is 0.400. The smallest absolute Gasteiger partial charge is 0.307 e. The lowest BCUT2D eigenvalue weighted by molar-refractivity contribution is -0.148. The monoisotopic (exact) mass is 307 g/mol. The lowest BCUT2D eigenvalue weighted by atomic mass is 10.2. The maximum Gasteiger partial charge on any atom is 0.307 e. The largest absolute Gasteiger partial charge is 0.444 e. The van der Waals surface area contributed by atoms with Gasteiger partial charge in [-0.15, -0.1) is 0 Å². The number of esters is 1. The topological polar surface area (TPSA) is 62.7 Å². The number of pyridine rings is 1. The standard InChI is InChI=1S/C15H18FN3O3/c1-2-4-14(20)22-11-18-8-13(16)9-19(10-18)15(21)12-5-3-6-17-7-12/h3,5-8H,2,4,9-11H2,1H3. The molecule has 0 aromatic carbocycles. The summed E-state index contributed by atoms with van der Waals surface area (Å²) in [6, 6.07) is 3.27. The predicted octanol–water partition coefficient (Wildman–Crippen LogP) is 1.91. The Balaban J connectivity index is 1.97. The van der Waals surface area contributed by atoms with Crippen LogP contribution in [0, 0.1) is 0 Å². The summed E-state index contributed by atoms with van der Waals surface area (Å²) in [6.45, 7) is 1.84. The van der Waals surface area contributed by atoms with Gasteiger partial charge in [-0.1, -0.05) is 6.92 Å². The Morgan fingerprint density at radius 1 is 1.45 bits per heavy atom. The van der Waals surface area contributed by atoms with Crippen molar-refractivity contribution in [3.8, 4) is 0 Å². The molecule has 0 saturated heterocycles. The van der Waals surface area contributed by atoms with Gasteiger partial charge in [0, 0.05) is 25.0 Å². The minimum Gasteiger partial charge on any atom is -0.444 e. The molecule has 118 valence electrons. The van der Waals surface area contributed by atoms with E-state index in [0.29, 0.717) is 18.4 Å². The van der Waals surface area contributed by atoms with Crippen LogP contribution in [-0.4, -0.2) is 46.6 Å². The van der Waals surface area contributed by atoms with Crippen LogP contribution in [0.15, 0.2) is 36.6 Å². The molecule has 0 aliphatic carbocycles. The van der Waals surface area contributed by atoms with Crippen molar-refractivity contribution in [2.75, 3.05) is 19.9 Å². The molecule has 0 fully saturated rings. The van der Waals surface area contributed by atoms with Crippen molar-refractivity contribution in [2.45, 2.75) is 19.8 Å². The van der Waals surface area contributed by atoms with Gasteiger partial charge in [0.25, 0.3) is 5.91 Å². The van der Waals surface area contributed by atoms with Gasteiger partial charge >= 0.3 is 5.97 Å². The van der Waals surface area contributed by atoms with Crippen molar-refractivity contribution in [2.24, 2.45) is 0 Å². The SMILES string of the molecule is CCCC(=O)OCN1C=C(F)CN(C(=O)c2cccnc2)C1. The Kier molecular flexibility index (Phi) is 5.46. The molecular weight excluding hydrogens is 289 g/mol. The van der Waals surface area contributed by atoms with E-state index in [-0.39, 0.29) is 31.8 Å². The Morgan fingerprint density at radius 2 is 2.27 bits per heavy atom. The van der Waals surface area contributed by atoms with Gasteiger partial charge in [0.1, 0.15) is 5.83 Å². The van der Waals surface area contributed by atoms with Crippen molar-refractivity contribution >= 4 is 11.9 Å². The minimum absolute atomic E-state index is 0.0803. The number of aromatic nitrogens is 1. The number of carbonyl (C=O) groups is 2. The molecule has 0 atom stereocenters. The van der Waals surface area contributed by atoms with Crippen molar-refractivity contribution in [3.63, 3.8) is 0 Å². The third-order valence-corrected chi connectivity index (χ3v) is 3.06.